The fourth-order valence-electron chi connectivity index (χ4n) is 2.94. The zero-order valence-electron chi connectivity index (χ0n) is 12.0. The molecule has 0 aliphatic carbocycles. The molecule has 1 aromatic carbocycles. The third kappa shape index (κ3) is 2.45. The number of nitrogens with zero attached hydrogens (tertiary/aromatic N) is 1. The van der Waals surface area contributed by atoms with Gasteiger partial charge >= 0.3 is 5.97 Å². The topological polar surface area (TPSA) is 86.7 Å². The maximum absolute atomic E-state index is 12.4. The number of anilines is 1. The summed E-state index contributed by atoms with van der Waals surface area (Å²) in [5, 5.41) is 11.6. The van der Waals surface area contributed by atoms with Gasteiger partial charge in [-0.25, -0.2) is 4.79 Å². The van der Waals surface area contributed by atoms with Crippen molar-refractivity contribution in [2.75, 3.05) is 11.1 Å². The van der Waals surface area contributed by atoms with E-state index in [1.807, 2.05) is 6.92 Å². The SMILES string of the molecule is C[C@]12CCC(=O)N1[C@H](C(=O)Nc1ccc(C(=O)O)cc1)CS2. The van der Waals surface area contributed by atoms with Crippen LogP contribution in [0.25, 0.3) is 0 Å². The van der Waals surface area contributed by atoms with Gasteiger partial charge in [-0.2, -0.15) is 0 Å². The quantitative estimate of drug-likeness (QED) is 0.886. The van der Waals surface area contributed by atoms with Crippen LogP contribution in [0.15, 0.2) is 24.3 Å². The lowest BCUT2D eigenvalue weighted by Gasteiger charge is -2.29. The summed E-state index contributed by atoms with van der Waals surface area (Å²) in [7, 11) is 0. The predicted octanol–water partition coefficient (Wildman–Crippen LogP) is 1.78. The number of carbonyl (C=O) groups excluding carboxylic acids is 2. The van der Waals surface area contributed by atoms with Crippen molar-refractivity contribution in [1.29, 1.82) is 0 Å². The molecule has 2 atom stereocenters. The molecule has 0 spiro atoms. The molecule has 2 aliphatic heterocycles. The molecule has 2 amide bonds. The van der Waals surface area contributed by atoms with Gasteiger partial charge in [0.1, 0.15) is 6.04 Å². The van der Waals surface area contributed by atoms with Crippen LogP contribution in [0.5, 0.6) is 0 Å². The van der Waals surface area contributed by atoms with Crippen LogP contribution in [0.4, 0.5) is 5.69 Å². The van der Waals surface area contributed by atoms with Crippen molar-refractivity contribution in [3.8, 4) is 0 Å². The monoisotopic (exact) mass is 320 g/mol. The first-order valence-electron chi connectivity index (χ1n) is 7.01. The number of nitrogens with one attached hydrogen (secondary N) is 1. The summed E-state index contributed by atoms with van der Waals surface area (Å²) in [6.45, 7) is 2.00. The standard InChI is InChI=1S/C15H16N2O4S/c1-15-7-6-12(18)17(15)11(8-22-15)13(19)16-10-4-2-9(3-5-10)14(20)21/h2-5,11H,6-8H2,1H3,(H,16,19)(H,20,21)/t11-,15-/m0/s1. The van der Waals surface area contributed by atoms with Crippen LogP contribution >= 0.6 is 11.8 Å². The third-order valence-corrected chi connectivity index (χ3v) is 5.65. The Hall–Kier alpha value is -2.02. The second kappa shape index (κ2) is 5.31. The van der Waals surface area contributed by atoms with Crippen LogP contribution in [0.3, 0.4) is 0 Å². The normalized spacial score (nSPS) is 26.9. The van der Waals surface area contributed by atoms with Crippen molar-refractivity contribution in [3.05, 3.63) is 29.8 Å². The van der Waals surface area contributed by atoms with Gasteiger partial charge in [0.2, 0.25) is 11.8 Å². The first-order chi connectivity index (χ1) is 10.4. The zero-order chi connectivity index (χ0) is 15.9. The van der Waals surface area contributed by atoms with Crippen LogP contribution in [-0.4, -0.2) is 44.5 Å². The van der Waals surface area contributed by atoms with E-state index in [1.54, 1.807) is 28.8 Å². The van der Waals surface area contributed by atoms with Gasteiger partial charge in [-0.1, -0.05) is 0 Å². The summed E-state index contributed by atoms with van der Waals surface area (Å²) in [6, 6.07) is 5.51. The molecule has 3 rings (SSSR count). The lowest BCUT2D eigenvalue weighted by molar-refractivity contribution is -0.135. The molecule has 2 saturated heterocycles. The molecule has 7 heteroatoms. The molecule has 116 valence electrons. The fraction of sp³-hybridized carbons (Fsp3) is 0.400. The Balaban J connectivity index is 1.72. The van der Waals surface area contributed by atoms with Gasteiger partial charge in [-0.15, -0.1) is 11.8 Å². The van der Waals surface area contributed by atoms with Crippen LogP contribution in [0.1, 0.15) is 30.1 Å². The molecule has 2 fully saturated rings. The molecule has 0 bridgehead atoms. The van der Waals surface area contributed by atoms with Crippen LogP contribution in [-0.2, 0) is 9.59 Å². The van der Waals surface area contributed by atoms with Crippen molar-refractivity contribution in [2.45, 2.75) is 30.7 Å². The molecule has 2 N–H and O–H groups in total. The molecule has 2 aliphatic rings. The lowest BCUT2D eigenvalue weighted by Crippen LogP contribution is -2.48. The smallest absolute Gasteiger partial charge is 0.335 e. The zero-order valence-corrected chi connectivity index (χ0v) is 12.9. The Morgan fingerprint density at radius 3 is 2.68 bits per heavy atom. The number of hydrogen-bond acceptors (Lipinski definition) is 4. The van der Waals surface area contributed by atoms with Crippen molar-refractivity contribution in [1.82, 2.24) is 4.90 Å². The van der Waals surface area contributed by atoms with E-state index in [9.17, 15) is 14.4 Å². The average molecular weight is 320 g/mol. The van der Waals surface area contributed by atoms with Gasteiger partial charge in [0.05, 0.1) is 10.4 Å². The van der Waals surface area contributed by atoms with Crippen molar-refractivity contribution in [3.63, 3.8) is 0 Å². The number of thioether (sulfide) groups is 1. The van der Waals surface area contributed by atoms with Gasteiger partial charge in [0.25, 0.3) is 0 Å². The van der Waals surface area contributed by atoms with E-state index >= 15 is 0 Å². The van der Waals surface area contributed by atoms with E-state index in [0.717, 1.165) is 6.42 Å². The highest BCUT2D eigenvalue weighted by molar-refractivity contribution is 8.01. The average Bonchev–Trinajstić information content (AvgIpc) is 2.97. The second-order valence-electron chi connectivity index (χ2n) is 5.64. The van der Waals surface area contributed by atoms with E-state index in [0.29, 0.717) is 17.9 Å². The molecule has 0 saturated carbocycles. The molecule has 22 heavy (non-hydrogen) atoms. The summed E-state index contributed by atoms with van der Waals surface area (Å²) in [4.78, 5) is 36.7. The number of aromatic carboxylic acids is 1. The number of fused-ring (bicyclic) bond motifs is 1. The van der Waals surface area contributed by atoms with Gasteiger partial charge in [-0.3, -0.25) is 9.59 Å². The minimum absolute atomic E-state index is 0.0221. The Kier molecular flexibility index (Phi) is 3.60. The van der Waals surface area contributed by atoms with E-state index in [4.69, 9.17) is 5.11 Å². The molecule has 0 radical (unpaired) electrons. The summed E-state index contributed by atoms with van der Waals surface area (Å²) in [6.07, 6.45) is 1.26. The second-order valence-corrected chi connectivity index (χ2v) is 7.14. The van der Waals surface area contributed by atoms with Crippen LogP contribution < -0.4 is 5.32 Å². The molecule has 0 unspecified atom stereocenters. The molecule has 6 nitrogen and oxygen atoms in total. The minimum Gasteiger partial charge on any atom is -0.478 e. The maximum Gasteiger partial charge on any atom is 0.335 e. The van der Waals surface area contributed by atoms with Crippen molar-refractivity contribution in [2.24, 2.45) is 0 Å². The van der Waals surface area contributed by atoms with Crippen molar-refractivity contribution < 1.29 is 19.5 Å². The van der Waals surface area contributed by atoms with Gasteiger partial charge < -0.3 is 15.3 Å². The molecule has 0 aromatic heterocycles. The Labute approximate surface area is 131 Å². The number of hydrogen-bond donors (Lipinski definition) is 2. The van der Waals surface area contributed by atoms with Crippen LogP contribution in [0, 0.1) is 0 Å². The maximum atomic E-state index is 12.4. The summed E-state index contributed by atoms with van der Waals surface area (Å²) in [5.74, 6) is -0.631. The number of rotatable bonds is 3. The van der Waals surface area contributed by atoms with Gasteiger partial charge in [0, 0.05) is 17.9 Å². The van der Waals surface area contributed by atoms with E-state index in [1.165, 1.54) is 12.1 Å². The minimum atomic E-state index is -1.01. The van der Waals surface area contributed by atoms with Crippen molar-refractivity contribution >= 4 is 35.2 Å². The van der Waals surface area contributed by atoms with E-state index in [2.05, 4.69) is 5.32 Å². The van der Waals surface area contributed by atoms with Gasteiger partial charge in [-0.05, 0) is 37.6 Å². The molecule has 1 aromatic rings. The first kappa shape index (κ1) is 14.9. The number of carboxylic acid groups (broad SMARTS) is 1. The summed E-state index contributed by atoms with van der Waals surface area (Å²) in [5.41, 5.74) is 0.692. The largest absolute Gasteiger partial charge is 0.478 e. The highest BCUT2D eigenvalue weighted by Gasteiger charge is 2.52. The van der Waals surface area contributed by atoms with Gasteiger partial charge in [0.15, 0.2) is 0 Å². The van der Waals surface area contributed by atoms with E-state index in [-0.39, 0.29) is 22.2 Å². The third-order valence-electron chi connectivity index (χ3n) is 4.15. The van der Waals surface area contributed by atoms with Crippen LogP contribution in [0.2, 0.25) is 0 Å². The highest BCUT2D eigenvalue weighted by atomic mass is 32.2. The summed E-state index contributed by atoms with van der Waals surface area (Å²) < 4.78 is 0. The Morgan fingerprint density at radius 2 is 2.05 bits per heavy atom. The number of benzene rings is 1. The van der Waals surface area contributed by atoms with E-state index < -0.39 is 12.0 Å². The highest BCUT2D eigenvalue weighted by Crippen LogP contribution is 2.47. The molecular formula is C15H16N2O4S. The Morgan fingerprint density at radius 1 is 1.36 bits per heavy atom. The fourth-order valence-corrected chi connectivity index (χ4v) is 4.37. The predicted molar refractivity (Wildman–Crippen MR) is 82.8 cm³/mol. The Bertz CT molecular complexity index is 645. The summed E-state index contributed by atoms with van der Waals surface area (Å²) >= 11 is 1.64. The molecular weight excluding hydrogens is 304 g/mol. The lowest BCUT2D eigenvalue weighted by atomic mass is 10.2. The number of carbonyl (C=O) groups is 3. The first-order valence-corrected chi connectivity index (χ1v) is 8.00. The molecule has 2 heterocycles. The number of carboxylic acids is 1. The number of amides is 2.